The monoisotopic (exact) mass is 869 g/mol. The van der Waals surface area contributed by atoms with Crippen LogP contribution in [0.5, 0.6) is 0 Å². The number of unbranched alkanes of at least 4 members (excludes halogenated alkanes) is 15. The Labute approximate surface area is 385 Å². The molecule has 0 rings (SSSR count). The number of ether oxygens (including phenoxy) is 3. The Kier molecular flexibility index (Phi) is 46.7. The summed E-state index contributed by atoms with van der Waals surface area (Å²) in [7, 11) is 0. The normalized spacial score (nSPS) is 13.3. The molecule has 0 aliphatic heterocycles. The van der Waals surface area contributed by atoms with Gasteiger partial charge in [-0.15, -0.1) is 0 Å². The molecule has 1 atom stereocenters. The molecule has 0 amide bonds. The van der Waals surface area contributed by atoms with Crippen molar-refractivity contribution in [1.82, 2.24) is 0 Å². The van der Waals surface area contributed by atoms with Crippen LogP contribution < -0.4 is 0 Å². The highest BCUT2D eigenvalue weighted by molar-refractivity contribution is 5.71. The standard InChI is InChI=1S/C57H88O6/c1-4-7-10-13-16-19-22-25-27-28-29-30-33-35-38-41-44-47-50-56(59)62-53-54(52-61-55(58)49-46-43-40-37-34-31-24-21-18-15-12-9-6-3)63-57(60)51-48-45-42-39-36-32-26-23-20-17-14-11-8-5-2/h8-9,11-12,15,17-18,20-22,24-32,34,37,40,54H,4-7,10,13-14,16,19,23,33,35-36,38-39,41-53H2,1-3H3/b11-8-,12-9-,18-15-,20-17-,24-21-,25-22-,28-27-,30-29-,32-26-,34-31-,40-37-. The van der Waals surface area contributed by atoms with Gasteiger partial charge in [-0.2, -0.15) is 0 Å². The maximum atomic E-state index is 12.8. The van der Waals surface area contributed by atoms with E-state index in [0.717, 1.165) is 109 Å². The molecule has 0 N–H and O–H groups in total. The Morgan fingerprint density at radius 1 is 0.349 bits per heavy atom. The molecule has 0 aromatic rings. The number of esters is 3. The molecular formula is C57H88O6. The maximum absolute atomic E-state index is 12.8. The van der Waals surface area contributed by atoms with Crippen molar-refractivity contribution in [1.29, 1.82) is 0 Å². The highest BCUT2D eigenvalue weighted by atomic mass is 16.6. The second kappa shape index (κ2) is 50.2. The average Bonchev–Trinajstić information content (AvgIpc) is 3.28. The zero-order valence-electron chi connectivity index (χ0n) is 40.0. The molecule has 352 valence electrons. The van der Waals surface area contributed by atoms with E-state index < -0.39 is 6.10 Å². The van der Waals surface area contributed by atoms with Crippen molar-refractivity contribution in [3.8, 4) is 0 Å². The van der Waals surface area contributed by atoms with E-state index in [1.807, 2.05) is 54.7 Å². The number of hydrogen-bond acceptors (Lipinski definition) is 6. The first-order valence-corrected chi connectivity index (χ1v) is 24.8. The number of allylic oxidation sites excluding steroid dienone is 22. The fourth-order valence-corrected chi connectivity index (χ4v) is 6.13. The lowest BCUT2D eigenvalue weighted by Crippen LogP contribution is -2.30. The first-order valence-electron chi connectivity index (χ1n) is 24.8. The third kappa shape index (κ3) is 48.4. The molecule has 0 aromatic heterocycles. The van der Waals surface area contributed by atoms with Gasteiger partial charge in [-0.25, -0.2) is 0 Å². The Bertz CT molecular complexity index is 1420. The van der Waals surface area contributed by atoms with Gasteiger partial charge in [0.15, 0.2) is 6.10 Å². The summed E-state index contributed by atoms with van der Waals surface area (Å²) in [6.45, 7) is 6.23. The van der Waals surface area contributed by atoms with E-state index in [2.05, 4.69) is 99.8 Å². The third-order valence-electron chi connectivity index (χ3n) is 9.81. The van der Waals surface area contributed by atoms with Crippen LogP contribution in [0, 0.1) is 0 Å². The van der Waals surface area contributed by atoms with Gasteiger partial charge < -0.3 is 14.2 Å². The summed E-state index contributed by atoms with van der Waals surface area (Å²) in [6, 6.07) is 0. The number of rotatable bonds is 42. The summed E-state index contributed by atoms with van der Waals surface area (Å²) < 4.78 is 16.7. The molecule has 0 heterocycles. The molecule has 0 fully saturated rings. The molecule has 0 aliphatic carbocycles. The minimum Gasteiger partial charge on any atom is -0.462 e. The molecular weight excluding hydrogens is 781 g/mol. The van der Waals surface area contributed by atoms with Crippen LogP contribution in [0.2, 0.25) is 0 Å². The summed E-state index contributed by atoms with van der Waals surface area (Å²) in [5.41, 5.74) is 0. The summed E-state index contributed by atoms with van der Waals surface area (Å²) in [5.74, 6) is -1.06. The highest BCUT2D eigenvalue weighted by Crippen LogP contribution is 2.12. The molecule has 1 unspecified atom stereocenters. The minimum atomic E-state index is -0.831. The molecule has 0 aromatic carbocycles. The summed E-state index contributed by atoms with van der Waals surface area (Å²) in [4.78, 5) is 37.9. The van der Waals surface area contributed by atoms with Crippen molar-refractivity contribution in [2.24, 2.45) is 0 Å². The molecule has 0 bridgehead atoms. The van der Waals surface area contributed by atoms with Crippen molar-refractivity contribution < 1.29 is 28.6 Å². The minimum absolute atomic E-state index is 0.126. The van der Waals surface area contributed by atoms with E-state index in [1.54, 1.807) is 0 Å². The quantitative estimate of drug-likeness (QED) is 0.0200. The fraction of sp³-hybridized carbons (Fsp3) is 0.561. The second-order valence-corrected chi connectivity index (χ2v) is 15.8. The van der Waals surface area contributed by atoms with Crippen molar-refractivity contribution in [3.05, 3.63) is 134 Å². The van der Waals surface area contributed by atoms with Gasteiger partial charge in [0.05, 0.1) is 0 Å². The maximum Gasteiger partial charge on any atom is 0.306 e. The summed E-state index contributed by atoms with van der Waals surface area (Å²) >= 11 is 0. The van der Waals surface area contributed by atoms with E-state index in [9.17, 15) is 14.4 Å². The SMILES string of the molecule is CC\C=C/C=C\C=C/C=C\C=C/CCCC(=O)OCC(COC(=O)CCCCCCC\C=C/C=C\C=C/CCCCCCC)OC(=O)CCCCCC/C=C\C/C=C\C/C=C\CC. The molecule has 6 heteroatoms. The lowest BCUT2D eigenvalue weighted by molar-refractivity contribution is -0.167. The van der Waals surface area contributed by atoms with E-state index in [1.165, 1.54) is 32.1 Å². The topological polar surface area (TPSA) is 78.9 Å². The van der Waals surface area contributed by atoms with E-state index in [-0.39, 0.29) is 44.0 Å². The van der Waals surface area contributed by atoms with Crippen molar-refractivity contribution in [3.63, 3.8) is 0 Å². The lowest BCUT2D eigenvalue weighted by Gasteiger charge is -2.18. The Balaban J connectivity index is 4.57. The van der Waals surface area contributed by atoms with Gasteiger partial charge in [-0.3, -0.25) is 14.4 Å². The lowest BCUT2D eigenvalue weighted by atomic mass is 10.1. The largest absolute Gasteiger partial charge is 0.462 e. The first kappa shape index (κ1) is 58.6. The van der Waals surface area contributed by atoms with Crippen molar-refractivity contribution in [2.75, 3.05) is 13.2 Å². The van der Waals surface area contributed by atoms with Crippen LogP contribution in [-0.4, -0.2) is 37.2 Å². The van der Waals surface area contributed by atoms with E-state index >= 15 is 0 Å². The Morgan fingerprint density at radius 2 is 0.714 bits per heavy atom. The molecule has 0 radical (unpaired) electrons. The summed E-state index contributed by atoms with van der Waals surface area (Å²) in [6.07, 6.45) is 70.1. The van der Waals surface area contributed by atoms with Crippen LogP contribution in [0.25, 0.3) is 0 Å². The van der Waals surface area contributed by atoms with Gasteiger partial charge in [-0.1, -0.05) is 212 Å². The number of carbonyl (C=O) groups excluding carboxylic acids is 3. The van der Waals surface area contributed by atoms with Crippen LogP contribution >= 0.6 is 0 Å². The molecule has 0 spiro atoms. The van der Waals surface area contributed by atoms with Crippen LogP contribution in [-0.2, 0) is 28.6 Å². The van der Waals surface area contributed by atoms with Crippen LogP contribution in [0.1, 0.15) is 188 Å². The van der Waals surface area contributed by atoms with Crippen LogP contribution in [0.15, 0.2) is 134 Å². The zero-order valence-corrected chi connectivity index (χ0v) is 40.0. The van der Waals surface area contributed by atoms with Gasteiger partial charge in [0, 0.05) is 19.3 Å². The Morgan fingerprint density at radius 3 is 1.22 bits per heavy atom. The predicted octanol–water partition coefficient (Wildman–Crippen LogP) is 16.3. The van der Waals surface area contributed by atoms with Gasteiger partial charge in [0.25, 0.3) is 0 Å². The van der Waals surface area contributed by atoms with Gasteiger partial charge in [0.1, 0.15) is 13.2 Å². The number of hydrogen-bond donors (Lipinski definition) is 0. The average molecular weight is 869 g/mol. The first-order chi connectivity index (χ1) is 31.0. The molecule has 63 heavy (non-hydrogen) atoms. The second-order valence-electron chi connectivity index (χ2n) is 15.8. The molecule has 0 aliphatic rings. The van der Waals surface area contributed by atoms with Crippen LogP contribution in [0.3, 0.4) is 0 Å². The van der Waals surface area contributed by atoms with Gasteiger partial charge in [-0.05, 0) is 89.9 Å². The Hall–Kier alpha value is -4.45. The zero-order chi connectivity index (χ0) is 45.8. The van der Waals surface area contributed by atoms with Crippen LogP contribution in [0.4, 0.5) is 0 Å². The highest BCUT2D eigenvalue weighted by Gasteiger charge is 2.19. The number of carbonyl (C=O) groups is 3. The van der Waals surface area contributed by atoms with Crippen molar-refractivity contribution >= 4 is 17.9 Å². The summed E-state index contributed by atoms with van der Waals surface area (Å²) in [5, 5.41) is 0. The van der Waals surface area contributed by atoms with Gasteiger partial charge >= 0.3 is 17.9 Å². The predicted molar refractivity (Wildman–Crippen MR) is 269 cm³/mol. The third-order valence-corrected chi connectivity index (χ3v) is 9.81. The van der Waals surface area contributed by atoms with Gasteiger partial charge in [0.2, 0.25) is 0 Å². The molecule has 0 saturated carbocycles. The molecule has 6 nitrogen and oxygen atoms in total. The van der Waals surface area contributed by atoms with Crippen molar-refractivity contribution in [2.45, 2.75) is 194 Å². The van der Waals surface area contributed by atoms with E-state index in [0.29, 0.717) is 12.8 Å². The smallest absolute Gasteiger partial charge is 0.306 e. The molecule has 0 saturated heterocycles. The fourth-order valence-electron chi connectivity index (χ4n) is 6.13. The van der Waals surface area contributed by atoms with E-state index in [4.69, 9.17) is 14.2 Å².